The normalized spacial score (nSPS) is 10.2. The van der Waals surface area contributed by atoms with E-state index in [0.717, 1.165) is 16.7 Å². The molecule has 0 bridgehead atoms. The van der Waals surface area contributed by atoms with E-state index in [1.54, 1.807) is 12.1 Å². The van der Waals surface area contributed by atoms with Crippen molar-refractivity contribution >= 4 is 21.7 Å². The van der Waals surface area contributed by atoms with Gasteiger partial charge in [0.05, 0.1) is 6.61 Å². The smallest absolute Gasteiger partial charge is 0.163 e. The van der Waals surface area contributed by atoms with E-state index in [0.29, 0.717) is 11.8 Å². The van der Waals surface area contributed by atoms with Crippen LogP contribution in [0.1, 0.15) is 27.9 Å². The monoisotopic (exact) mass is 256 g/mol. The second-order valence-electron chi connectivity index (χ2n) is 3.11. The third-order valence-electron chi connectivity index (χ3n) is 2.24. The minimum atomic E-state index is -0.0126. The Balaban J connectivity index is 3.03. The van der Waals surface area contributed by atoms with Crippen molar-refractivity contribution in [3.63, 3.8) is 0 Å². The van der Waals surface area contributed by atoms with Gasteiger partial charge in [0, 0.05) is 17.3 Å². The highest BCUT2D eigenvalue weighted by Crippen LogP contribution is 2.15. The molecule has 0 unspecified atom stereocenters. The Labute approximate surface area is 92.1 Å². The van der Waals surface area contributed by atoms with Crippen molar-refractivity contribution < 1.29 is 9.90 Å². The van der Waals surface area contributed by atoms with Crippen molar-refractivity contribution in [3.8, 4) is 0 Å². The summed E-state index contributed by atoms with van der Waals surface area (Å²) in [6.45, 7) is 1.86. The second-order valence-corrected chi connectivity index (χ2v) is 3.90. The van der Waals surface area contributed by atoms with Crippen molar-refractivity contribution in [2.45, 2.75) is 20.0 Å². The summed E-state index contributed by atoms with van der Waals surface area (Å²) in [6.07, 6.45) is 0.496. The zero-order valence-corrected chi connectivity index (χ0v) is 9.67. The SMILES string of the molecule is Cc1c(CO)cccc1C(=O)CCBr. The highest BCUT2D eigenvalue weighted by atomic mass is 79.9. The minimum Gasteiger partial charge on any atom is -0.392 e. The molecule has 0 radical (unpaired) electrons. The fraction of sp³-hybridized carbons (Fsp3) is 0.364. The molecular formula is C11H13BrO2. The van der Waals surface area contributed by atoms with Crippen molar-refractivity contribution in [1.82, 2.24) is 0 Å². The van der Waals surface area contributed by atoms with Crippen LogP contribution in [0.3, 0.4) is 0 Å². The molecule has 14 heavy (non-hydrogen) atoms. The van der Waals surface area contributed by atoms with Gasteiger partial charge in [-0.2, -0.15) is 0 Å². The first kappa shape index (κ1) is 11.4. The minimum absolute atomic E-state index is 0.0126. The summed E-state index contributed by atoms with van der Waals surface area (Å²) in [4.78, 5) is 11.6. The van der Waals surface area contributed by atoms with E-state index < -0.39 is 0 Å². The van der Waals surface area contributed by atoms with Gasteiger partial charge in [-0.1, -0.05) is 34.1 Å². The van der Waals surface area contributed by atoms with Crippen LogP contribution in [-0.2, 0) is 6.61 Å². The van der Waals surface area contributed by atoms with Gasteiger partial charge in [0.1, 0.15) is 0 Å². The van der Waals surface area contributed by atoms with E-state index in [-0.39, 0.29) is 12.4 Å². The van der Waals surface area contributed by atoms with Gasteiger partial charge < -0.3 is 5.11 Å². The van der Waals surface area contributed by atoms with Gasteiger partial charge in [-0.25, -0.2) is 0 Å². The molecule has 0 fully saturated rings. The van der Waals surface area contributed by atoms with Gasteiger partial charge in [0.25, 0.3) is 0 Å². The van der Waals surface area contributed by atoms with Gasteiger partial charge >= 0.3 is 0 Å². The molecule has 2 nitrogen and oxygen atoms in total. The van der Waals surface area contributed by atoms with Gasteiger partial charge in [-0.3, -0.25) is 4.79 Å². The van der Waals surface area contributed by atoms with E-state index in [4.69, 9.17) is 5.11 Å². The molecule has 0 saturated carbocycles. The van der Waals surface area contributed by atoms with Crippen molar-refractivity contribution in [1.29, 1.82) is 0 Å². The molecule has 0 saturated heterocycles. The number of carbonyl (C=O) groups excluding carboxylic acids is 1. The van der Waals surface area contributed by atoms with Gasteiger partial charge in [-0.15, -0.1) is 0 Å². The number of hydrogen-bond donors (Lipinski definition) is 1. The predicted octanol–water partition coefficient (Wildman–Crippen LogP) is 2.46. The lowest BCUT2D eigenvalue weighted by molar-refractivity contribution is 0.0989. The fourth-order valence-corrected chi connectivity index (χ4v) is 1.74. The summed E-state index contributed by atoms with van der Waals surface area (Å²) < 4.78 is 0. The summed E-state index contributed by atoms with van der Waals surface area (Å²) in [6, 6.07) is 5.44. The summed E-state index contributed by atoms with van der Waals surface area (Å²) in [7, 11) is 0. The molecule has 0 spiro atoms. The number of carbonyl (C=O) groups is 1. The zero-order chi connectivity index (χ0) is 10.6. The first-order valence-electron chi connectivity index (χ1n) is 4.49. The van der Waals surface area contributed by atoms with E-state index in [1.165, 1.54) is 0 Å². The molecule has 76 valence electrons. The van der Waals surface area contributed by atoms with Crippen LogP contribution in [0, 0.1) is 6.92 Å². The highest BCUT2D eigenvalue weighted by Gasteiger charge is 2.09. The van der Waals surface area contributed by atoms with Gasteiger partial charge in [-0.05, 0) is 18.1 Å². The van der Waals surface area contributed by atoms with Gasteiger partial charge in [0.2, 0.25) is 0 Å². The molecule has 0 aliphatic rings. The van der Waals surface area contributed by atoms with Crippen LogP contribution in [0.15, 0.2) is 18.2 Å². The van der Waals surface area contributed by atoms with Crippen LogP contribution in [-0.4, -0.2) is 16.2 Å². The number of ketones is 1. The maximum Gasteiger partial charge on any atom is 0.163 e. The second kappa shape index (κ2) is 5.27. The molecule has 0 aromatic heterocycles. The van der Waals surface area contributed by atoms with E-state index >= 15 is 0 Å². The lowest BCUT2D eigenvalue weighted by atomic mass is 9.99. The Morgan fingerprint density at radius 2 is 2.21 bits per heavy atom. The molecule has 1 rings (SSSR count). The highest BCUT2D eigenvalue weighted by molar-refractivity contribution is 9.09. The third-order valence-corrected chi connectivity index (χ3v) is 2.63. The average Bonchev–Trinajstić information content (AvgIpc) is 2.18. The molecule has 3 heteroatoms. The average molecular weight is 257 g/mol. The summed E-state index contributed by atoms with van der Waals surface area (Å²) >= 11 is 3.24. The van der Waals surface area contributed by atoms with Crippen molar-refractivity contribution in [2.24, 2.45) is 0 Å². The quantitative estimate of drug-likeness (QED) is 0.664. The Morgan fingerprint density at radius 1 is 1.50 bits per heavy atom. The topological polar surface area (TPSA) is 37.3 Å². The zero-order valence-electron chi connectivity index (χ0n) is 8.09. The predicted molar refractivity (Wildman–Crippen MR) is 59.8 cm³/mol. The van der Waals surface area contributed by atoms with Crippen LogP contribution >= 0.6 is 15.9 Å². The van der Waals surface area contributed by atoms with Crippen LogP contribution in [0.2, 0.25) is 0 Å². The van der Waals surface area contributed by atoms with E-state index in [9.17, 15) is 4.79 Å². The fourth-order valence-electron chi connectivity index (χ4n) is 1.38. The van der Waals surface area contributed by atoms with Crippen LogP contribution in [0.25, 0.3) is 0 Å². The maximum absolute atomic E-state index is 11.6. The van der Waals surface area contributed by atoms with E-state index in [1.807, 2.05) is 13.0 Å². The van der Waals surface area contributed by atoms with Crippen molar-refractivity contribution in [3.05, 3.63) is 34.9 Å². The molecular weight excluding hydrogens is 244 g/mol. The summed E-state index contributed by atoms with van der Waals surface area (Å²) in [5, 5.41) is 9.71. The molecule has 0 heterocycles. The molecule has 1 aromatic rings. The van der Waals surface area contributed by atoms with Crippen molar-refractivity contribution in [2.75, 3.05) is 5.33 Å². The first-order valence-corrected chi connectivity index (χ1v) is 5.61. The first-order chi connectivity index (χ1) is 6.70. The molecule has 0 aliphatic carbocycles. The summed E-state index contributed by atoms with van der Waals surface area (Å²) in [5.74, 6) is 0.120. The lowest BCUT2D eigenvalue weighted by Gasteiger charge is -2.07. The molecule has 0 amide bonds. The van der Waals surface area contributed by atoms with Gasteiger partial charge in [0.15, 0.2) is 5.78 Å². The molecule has 0 atom stereocenters. The Kier molecular flexibility index (Phi) is 4.29. The molecule has 1 N–H and O–H groups in total. The number of rotatable bonds is 4. The number of halogens is 1. The number of aliphatic hydroxyl groups is 1. The number of alkyl halides is 1. The number of aliphatic hydroxyl groups excluding tert-OH is 1. The van der Waals surface area contributed by atoms with Crippen LogP contribution in [0.4, 0.5) is 0 Å². The largest absolute Gasteiger partial charge is 0.392 e. The maximum atomic E-state index is 11.6. The molecule has 0 aliphatic heterocycles. The Morgan fingerprint density at radius 3 is 2.79 bits per heavy atom. The Hall–Kier alpha value is -0.670. The number of Topliss-reactive ketones (excluding diaryl/α,β-unsaturated/α-hetero) is 1. The van der Waals surface area contributed by atoms with Crippen LogP contribution in [0.5, 0.6) is 0 Å². The number of hydrogen-bond acceptors (Lipinski definition) is 2. The molecule has 1 aromatic carbocycles. The lowest BCUT2D eigenvalue weighted by Crippen LogP contribution is -2.04. The van der Waals surface area contributed by atoms with Crippen LogP contribution < -0.4 is 0 Å². The standard InChI is InChI=1S/C11H13BrO2/c1-8-9(7-13)3-2-4-10(8)11(14)5-6-12/h2-4,13H,5-7H2,1H3. The number of benzene rings is 1. The Bertz CT molecular complexity index is 334. The third kappa shape index (κ3) is 2.42. The van der Waals surface area contributed by atoms with E-state index in [2.05, 4.69) is 15.9 Å². The summed E-state index contributed by atoms with van der Waals surface area (Å²) in [5.41, 5.74) is 2.43.